The normalized spacial score (nSPS) is 22.5. The minimum absolute atomic E-state index is 0.620. The average Bonchev–Trinajstić information content (AvgIpc) is 2.72. The van der Waals surface area contributed by atoms with Crippen LogP contribution in [0.4, 0.5) is 0 Å². The van der Waals surface area contributed by atoms with E-state index in [0.717, 1.165) is 18.0 Å². The summed E-state index contributed by atoms with van der Waals surface area (Å²) in [5.74, 6) is 3.01. The number of hydrogen-bond acceptors (Lipinski definition) is 0. The molecule has 1 saturated carbocycles. The summed E-state index contributed by atoms with van der Waals surface area (Å²) in [4.78, 5) is 0. The Labute approximate surface area is 208 Å². The summed E-state index contributed by atoms with van der Waals surface area (Å²) in [6.45, 7) is 12.0. The second-order valence-corrected chi connectivity index (χ2v) is 25.2. The van der Waals surface area contributed by atoms with Crippen molar-refractivity contribution in [3.63, 3.8) is 0 Å². The molecule has 0 amide bonds. The SMILES string of the molecule is CC[PH](CC)(CCCC(C)C1CCC(C[PH](Cl)(Cl)Cl)CC1)Cc1ccc(C(C)C)cc1. The Hall–Kier alpha value is 0.950. The first-order valence-electron chi connectivity index (χ1n) is 12.7. The summed E-state index contributed by atoms with van der Waals surface area (Å²) in [5, 5.41) is -2.46. The van der Waals surface area contributed by atoms with E-state index in [-0.39, 0.29) is 0 Å². The predicted molar refractivity (Wildman–Crippen MR) is 153 cm³/mol. The van der Waals surface area contributed by atoms with Crippen LogP contribution in [0, 0.1) is 17.8 Å². The van der Waals surface area contributed by atoms with E-state index in [9.17, 15) is 0 Å². The Morgan fingerprint density at radius 1 is 0.903 bits per heavy atom. The topological polar surface area (TPSA) is 0 Å². The summed E-state index contributed by atoms with van der Waals surface area (Å²) in [6.07, 6.45) is 14.6. The Morgan fingerprint density at radius 3 is 1.97 bits per heavy atom. The zero-order valence-electron chi connectivity index (χ0n) is 20.5. The molecule has 1 unspecified atom stereocenters. The second-order valence-electron chi connectivity index (χ2n) is 10.7. The zero-order chi connectivity index (χ0) is 23.1. The molecule has 0 saturated heterocycles. The minimum atomic E-state index is -2.46. The van der Waals surface area contributed by atoms with Crippen molar-refractivity contribution in [3.05, 3.63) is 35.4 Å². The average molecular weight is 528 g/mol. The van der Waals surface area contributed by atoms with Crippen molar-refractivity contribution < 1.29 is 0 Å². The van der Waals surface area contributed by atoms with E-state index in [2.05, 4.69) is 58.9 Å². The van der Waals surface area contributed by atoms with Gasteiger partial charge in [-0.1, -0.05) is 0 Å². The molecule has 0 radical (unpaired) electrons. The molecule has 1 fully saturated rings. The zero-order valence-corrected chi connectivity index (χ0v) is 24.8. The van der Waals surface area contributed by atoms with Crippen LogP contribution in [0.1, 0.15) is 90.2 Å². The maximum atomic E-state index is 6.16. The van der Waals surface area contributed by atoms with Gasteiger partial charge in [-0.3, -0.25) is 0 Å². The van der Waals surface area contributed by atoms with E-state index in [0.29, 0.717) is 11.8 Å². The van der Waals surface area contributed by atoms with Gasteiger partial charge in [-0.25, -0.2) is 0 Å². The third-order valence-electron chi connectivity index (χ3n) is 8.31. The summed E-state index contributed by atoms with van der Waals surface area (Å²) < 4.78 is 0. The number of benzene rings is 1. The molecule has 0 aliphatic heterocycles. The van der Waals surface area contributed by atoms with Gasteiger partial charge in [-0.15, -0.1) is 0 Å². The third-order valence-corrected chi connectivity index (χ3v) is 16.3. The van der Waals surface area contributed by atoms with Gasteiger partial charge in [0.2, 0.25) is 0 Å². The Kier molecular flexibility index (Phi) is 12.0. The van der Waals surface area contributed by atoms with E-state index in [1.807, 2.05) is 0 Å². The molecule has 182 valence electrons. The van der Waals surface area contributed by atoms with E-state index in [1.165, 1.54) is 68.7 Å². The van der Waals surface area contributed by atoms with Crippen LogP contribution in [0.25, 0.3) is 0 Å². The number of hydrogen-bond donors (Lipinski definition) is 0. The molecule has 0 heterocycles. The summed E-state index contributed by atoms with van der Waals surface area (Å²) in [7, 11) is -1.22. The van der Waals surface area contributed by atoms with Gasteiger partial charge in [0, 0.05) is 0 Å². The van der Waals surface area contributed by atoms with Crippen LogP contribution in [0.2, 0.25) is 0 Å². The molecule has 0 aromatic heterocycles. The van der Waals surface area contributed by atoms with Crippen LogP contribution < -0.4 is 0 Å². The standard InChI is InChI=1S/C26H47Cl3P2/c1-6-30(7-2,19-23-10-14-25(15-11-23)21(3)4)18-8-9-22(5)26-16-12-24(13-17-26)20-31(27,28)29/h10-11,14-15,21-22,24,26,30-31H,6-9,12-13,16-20H2,1-5H3. The van der Waals surface area contributed by atoms with Crippen molar-refractivity contribution in [1.29, 1.82) is 0 Å². The van der Waals surface area contributed by atoms with Crippen molar-refractivity contribution in [2.24, 2.45) is 17.8 Å². The van der Waals surface area contributed by atoms with Gasteiger partial charge in [0.1, 0.15) is 0 Å². The molecule has 1 aromatic rings. The van der Waals surface area contributed by atoms with E-state index in [4.69, 9.17) is 33.7 Å². The van der Waals surface area contributed by atoms with Crippen LogP contribution in [0.5, 0.6) is 0 Å². The second kappa shape index (κ2) is 13.1. The van der Waals surface area contributed by atoms with Crippen molar-refractivity contribution >= 4 is 46.3 Å². The van der Waals surface area contributed by atoms with Crippen molar-refractivity contribution in [1.82, 2.24) is 0 Å². The van der Waals surface area contributed by atoms with E-state index in [1.54, 1.807) is 5.56 Å². The molecule has 1 atom stereocenters. The molecular weight excluding hydrogens is 481 g/mol. The summed E-state index contributed by atoms with van der Waals surface area (Å²) >= 11 is 18.5. The quantitative estimate of drug-likeness (QED) is 0.237. The molecule has 0 spiro atoms. The monoisotopic (exact) mass is 526 g/mol. The van der Waals surface area contributed by atoms with Crippen molar-refractivity contribution in [2.45, 2.75) is 85.2 Å². The van der Waals surface area contributed by atoms with Gasteiger partial charge in [0.15, 0.2) is 0 Å². The third kappa shape index (κ3) is 9.61. The van der Waals surface area contributed by atoms with Crippen molar-refractivity contribution in [2.75, 3.05) is 24.6 Å². The molecular formula is C26H47Cl3P2. The number of halogens is 3. The van der Waals surface area contributed by atoms with Gasteiger partial charge < -0.3 is 0 Å². The van der Waals surface area contributed by atoms with Crippen LogP contribution in [0.15, 0.2) is 24.3 Å². The van der Waals surface area contributed by atoms with Gasteiger partial charge in [0.05, 0.1) is 0 Å². The summed E-state index contributed by atoms with van der Waals surface area (Å²) in [5.41, 5.74) is 3.03. The molecule has 5 heteroatoms. The van der Waals surface area contributed by atoms with Gasteiger partial charge in [-0.2, -0.15) is 0 Å². The van der Waals surface area contributed by atoms with Crippen molar-refractivity contribution in [3.8, 4) is 0 Å². The predicted octanol–water partition coefficient (Wildman–Crippen LogP) is 10.5. The Morgan fingerprint density at radius 2 is 1.48 bits per heavy atom. The Balaban J connectivity index is 1.82. The molecule has 0 nitrogen and oxygen atoms in total. The first kappa shape index (κ1) is 28.2. The number of rotatable bonds is 12. The first-order valence-corrected chi connectivity index (χ1v) is 20.8. The van der Waals surface area contributed by atoms with Gasteiger partial charge in [0.25, 0.3) is 0 Å². The molecule has 1 aliphatic carbocycles. The van der Waals surface area contributed by atoms with Gasteiger partial charge >= 0.3 is 209 Å². The molecule has 1 aromatic carbocycles. The van der Waals surface area contributed by atoms with E-state index >= 15 is 0 Å². The molecule has 31 heavy (non-hydrogen) atoms. The Bertz CT molecular complexity index is 627. The van der Waals surface area contributed by atoms with Crippen LogP contribution >= 0.6 is 46.3 Å². The maximum absolute atomic E-state index is 6.16. The molecule has 2 rings (SSSR count). The first-order chi connectivity index (χ1) is 14.6. The molecule has 0 N–H and O–H groups in total. The van der Waals surface area contributed by atoms with E-state index < -0.39 is 12.6 Å². The molecule has 0 bridgehead atoms. The molecule has 1 aliphatic rings. The summed E-state index contributed by atoms with van der Waals surface area (Å²) in [6, 6.07) is 9.52. The van der Waals surface area contributed by atoms with Crippen LogP contribution in [-0.2, 0) is 6.16 Å². The fraction of sp³-hybridized carbons (Fsp3) is 0.769. The fourth-order valence-corrected chi connectivity index (χ4v) is 12.7. The van der Waals surface area contributed by atoms with Crippen LogP contribution in [0.3, 0.4) is 0 Å². The van der Waals surface area contributed by atoms with Crippen LogP contribution in [-0.4, -0.2) is 24.6 Å². The fourth-order valence-electron chi connectivity index (χ4n) is 5.72. The van der Waals surface area contributed by atoms with Gasteiger partial charge in [-0.05, 0) is 0 Å².